The molecule has 0 fully saturated rings. The number of halogens is 1. The van der Waals surface area contributed by atoms with Crippen molar-refractivity contribution >= 4 is 0 Å². The fraction of sp³-hybridized carbons (Fsp3) is 0.250. The standard InChI is InChI=1S/C8H11FO/c1-3-8(6-10)5-4-7(2)9/h3-5,10H,2,6H2,1H3/b5-4-,8-3+. The molecule has 0 amide bonds. The van der Waals surface area contributed by atoms with Gasteiger partial charge in [-0.2, -0.15) is 0 Å². The number of allylic oxidation sites excluding steroid dienone is 3. The van der Waals surface area contributed by atoms with Crippen LogP contribution in [0.15, 0.2) is 36.2 Å². The maximum Gasteiger partial charge on any atom is 0.116 e. The van der Waals surface area contributed by atoms with Gasteiger partial charge in [0.25, 0.3) is 0 Å². The summed E-state index contributed by atoms with van der Waals surface area (Å²) in [5.41, 5.74) is 0.679. The van der Waals surface area contributed by atoms with Crippen LogP contribution in [0.25, 0.3) is 0 Å². The van der Waals surface area contributed by atoms with Crippen molar-refractivity contribution in [2.45, 2.75) is 6.92 Å². The van der Waals surface area contributed by atoms with E-state index in [0.29, 0.717) is 5.57 Å². The molecule has 0 aromatic heterocycles. The van der Waals surface area contributed by atoms with Crippen LogP contribution in [0.1, 0.15) is 6.92 Å². The topological polar surface area (TPSA) is 20.2 Å². The molecule has 0 saturated heterocycles. The van der Waals surface area contributed by atoms with Gasteiger partial charge in [0.1, 0.15) is 5.83 Å². The number of hydrogen-bond donors (Lipinski definition) is 1. The van der Waals surface area contributed by atoms with Crippen LogP contribution >= 0.6 is 0 Å². The molecular weight excluding hydrogens is 131 g/mol. The van der Waals surface area contributed by atoms with Crippen molar-refractivity contribution in [1.29, 1.82) is 0 Å². The van der Waals surface area contributed by atoms with Crippen molar-refractivity contribution in [2.75, 3.05) is 6.61 Å². The van der Waals surface area contributed by atoms with Gasteiger partial charge in [0, 0.05) is 0 Å². The van der Waals surface area contributed by atoms with Crippen LogP contribution in [0.3, 0.4) is 0 Å². The SMILES string of the molecule is C=C(F)/C=C\C(=C/C)CO. The lowest BCUT2D eigenvalue weighted by molar-refractivity contribution is 0.335. The van der Waals surface area contributed by atoms with E-state index >= 15 is 0 Å². The average molecular weight is 142 g/mol. The molecule has 0 radical (unpaired) electrons. The van der Waals surface area contributed by atoms with E-state index in [4.69, 9.17) is 5.11 Å². The zero-order chi connectivity index (χ0) is 7.98. The van der Waals surface area contributed by atoms with Crippen molar-refractivity contribution in [1.82, 2.24) is 0 Å². The molecule has 1 nitrogen and oxygen atoms in total. The Morgan fingerprint density at radius 1 is 1.60 bits per heavy atom. The molecule has 0 aromatic rings. The van der Waals surface area contributed by atoms with Gasteiger partial charge in [-0.3, -0.25) is 0 Å². The van der Waals surface area contributed by atoms with Gasteiger partial charge in [-0.05, 0) is 18.6 Å². The second-order valence-electron chi connectivity index (χ2n) is 1.80. The summed E-state index contributed by atoms with van der Waals surface area (Å²) in [6, 6.07) is 0. The third kappa shape index (κ3) is 4.04. The van der Waals surface area contributed by atoms with Gasteiger partial charge in [-0.1, -0.05) is 18.7 Å². The maximum atomic E-state index is 11.9. The predicted octanol–water partition coefficient (Wildman–Crippen LogP) is 1.96. The summed E-state index contributed by atoms with van der Waals surface area (Å²) in [4.78, 5) is 0. The molecule has 0 bridgehead atoms. The molecule has 0 unspecified atom stereocenters. The zero-order valence-electron chi connectivity index (χ0n) is 5.97. The van der Waals surface area contributed by atoms with E-state index in [1.165, 1.54) is 12.2 Å². The number of hydrogen-bond acceptors (Lipinski definition) is 1. The minimum atomic E-state index is -0.507. The minimum Gasteiger partial charge on any atom is -0.392 e. The van der Waals surface area contributed by atoms with E-state index < -0.39 is 5.83 Å². The molecule has 56 valence electrons. The molecule has 0 aromatic carbocycles. The van der Waals surface area contributed by atoms with Crippen LogP contribution in [0.5, 0.6) is 0 Å². The summed E-state index contributed by atoms with van der Waals surface area (Å²) < 4.78 is 11.9. The van der Waals surface area contributed by atoms with E-state index in [9.17, 15) is 4.39 Å². The summed E-state index contributed by atoms with van der Waals surface area (Å²) >= 11 is 0. The monoisotopic (exact) mass is 142 g/mol. The van der Waals surface area contributed by atoms with E-state index in [1.807, 2.05) is 0 Å². The first kappa shape index (κ1) is 9.11. The third-order valence-electron chi connectivity index (χ3n) is 1.03. The molecular formula is C8H11FO. The van der Waals surface area contributed by atoms with E-state index in [1.54, 1.807) is 13.0 Å². The highest BCUT2D eigenvalue weighted by Crippen LogP contribution is 1.99. The van der Waals surface area contributed by atoms with Crippen LogP contribution in [0, 0.1) is 0 Å². The summed E-state index contributed by atoms with van der Waals surface area (Å²) in [6.07, 6.45) is 4.41. The molecule has 2 heteroatoms. The second-order valence-corrected chi connectivity index (χ2v) is 1.80. The number of rotatable bonds is 3. The van der Waals surface area contributed by atoms with Gasteiger partial charge >= 0.3 is 0 Å². The largest absolute Gasteiger partial charge is 0.392 e. The normalized spacial score (nSPS) is 12.5. The molecule has 0 saturated carbocycles. The van der Waals surface area contributed by atoms with Crippen molar-refractivity contribution in [2.24, 2.45) is 0 Å². The second kappa shape index (κ2) is 4.94. The molecule has 0 rings (SSSR count). The Hall–Kier alpha value is -0.890. The van der Waals surface area contributed by atoms with Crippen LogP contribution < -0.4 is 0 Å². The summed E-state index contributed by atoms with van der Waals surface area (Å²) in [6.45, 7) is 4.74. The van der Waals surface area contributed by atoms with Gasteiger partial charge in [0.2, 0.25) is 0 Å². The van der Waals surface area contributed by atoms with Crippen molar-refractivity contribution in [3.05, 3.63) is 36.2 Å². The first-order valence-corrected chi connectivity index (χ1v) is 2.99. The molecule has 0 atom stereocenters. The Balaban J connectivity index is 3.98. The minimum absolute atomic E-state index is 0.0692. The first-order valence-electron chi connectivity index (χ1n) is 2.99. The third-order valence-corrected chi connectivity index (χ3v) is 1.03. The van der Waals surface area contributed by atoms with Crippen LogP contribution in [0.4, 0.5) is 4.39 Å². The molecule has 0 spiro atoms. The molecule has 0 heterocycles. The molecule has 0 aliphatic rings. The Labute approximate surface area is 60.2 Å². The van der Waals surface area contributed by atoms with Gasteiger partial charge in [0.15, 0.2) is 0 Å². The van der Waals surface area contributed by atoms with E-state index in [2.05, 4.69) is 6.58 Å². The van der Waals surface area contributed by atoms with Crippen molar-refractivity contribution in [3.63, 3.8) is 0 Å². The quantitative estimate of drug-likeness (QED) is 0.597. The zero-order valence-corrected chi connectivity index (χ0v) is 5.97. The Morgan fingerprint density at radius 2 is 2.20 bits per heavy atom. The van der Waals surface area contributed by atoms with E-state index in [-0.39, 0.29) is 6.61 Å². The smallest absolute Gasteiger partial charge is 0.116 e. The van der Waals surface area contributed by atoms with Crippen LogP contribution in [-0.4, -0.2) is 11.7 Å². The fourth-order valence-corrected chi connectivity index (χ4v) is 0.438. The molecule has 0 aliphatic heterocycles. The highest BCUT2D eigenvalue weighted by atomic mass is 19.1. The lowest BCUT2D eigenvalue weighted by Gasteiger charge is -1.91. The molecule has 10 heavy (non-hydrogen) atoms. The summed E-state index contributed by atoms with van der Waals surface area (Å²) in [5.74, 6) is -0.507. The Kier molecular flexibility index (Phi) is 4.50. The van der Waals surface area contributed by atoms with Gasteiger partial charge in [-0.15, -0.1) is 0 Å². The van der Waals surface area contributed by atoms with Gasteiger partial charge in [0.05, 0.1) is 6.61 Å². The first-order chi connectivity index (χ1) is 4.70. The maximum absolute atomic E-state index is 11.9. The van der Waals surface area contributed by atoms with Crippen molar-refractivity contribution < 1.29 is 9.50 Å². The highest BCUT2D eigenvalue weighted by Gasteiger charge is 1.85. The molecule has 0 aliphatic carbocycles. The van der Waals surface area contributed by atoms with Crippen LogP contribution in [0.2, 0.25) is 0 Å². The summed E-state index contributed by atoms with van der Waals surface area (Å²) in [5, 5.41) is 8.57. The average Bonchev–Trinajstić information content (AvgIpc) is 1.90. The molecule has 1 N–H and O–H groups in total. The van der Waals surface area contributed by atoms with Crippen LogP contribution in [-0.2, 0) is 0 Å². The number of aliphatic hydroxyl groups excluding tert-OH is 1. The van der Waals surface area contributed by atoms with Gasteiger partial charge < -0.3 is 5.11 Å². The van der Waals surface area contributed by atoms with E-state index in [0.717, 1.165) is 0 Å². The fourth-order valence-electron chi connectivity index (χ4n) is 0.438. The predicted molar refractivity (Wildman–Crippen MR) is 40.2 cm³/mol. The Bertz CT molecular complexity index is 168. The van der Waals surface area contributed by atoms with Crippen molar-refractivity contribution in [3.8, 4) is 0 Å². The highest BCUT2D eigenvalue weighted by molar-refractivity contribution is 5.23. The number of aliphatic hydroxyl groups is 1. The lowest BCUT2D eigenvalue weighted by Crippen LogP contribution is -1.83. The van der Waals surface area contributed by atoms with Gasteiger partial charge in [-0.25, -0.2) is 4.39 Å². The lowest BCUT2D eigenvalue weighted by atomic mass is 10.2. The Morgan fingerprint density at radius 3 is 2.50 bits per heavy atom. The summed E-state index contributed by atoms with van der Waals surface area (Å²) in [7, 11) is 0.